The Hall–Kier alpha value is -3.11. The minimum absolute atomic E-state index is 0.00873. The van der Waals surface area contributed by atoms with Gasteiger partial charge >= 0.3 is 0 Å². The molecule has 0 bridgehead atoms. The predicted molar refractivity (Wildman–Crippen MR) is 138 cm³/mol. The van der Waals surface area contributed by atoms with E-state index in [1.54, 1.807) is 24.3 Å². The number of carbonyl (C=O) groups excluding carboxylic acids is 2. The Kier molecular flexibility index (Phi) is 7.85. The van der Waals surface area contributed by atoms with Crippen LogP contribution in [0.3, 0.4) is 0 Å². The van der Waals surface area contributed by atoms with Gasteiger partial charge in [-0.25, -0.2) is 8.42 Å². The summed E-state index contributed by atoms with van der Waals surface area (Å²) in [5.74, 6) is -0.575. The highest BCUT2D eigenvalue weighted by Gasteiger charge is 2.35. The van der Waals surface area contributed by atoms with Crippen LogP contribution < -0.4 is 15.0 Å². The summed E-state index contributed by atoms with van der Waals surface area (Å²) >= 11 is 12.0. The van der Waals surface area contributed by atoms with Crippen LogP contribution in [-0.4, -0.2) is 50.8 Å². The second-order valence-electron chi connectivity index (χ2n) is 8.12. The number of halogens is 2. The quantitative estimate of drug-likeness (QED) is 0.486. The van der Waals surface area contributed by atoms with Crippen LogP contribution in [0.2, 0.25) is 10.0 Å². The van der Waals surface area contributed by atoms with Crippen LogP contribution in [0.25, 0.3) is 0 Å². The van der Waals surface area contributed by atoms with E-state index < -0.39 is 34.5 Å². The van der Waals surface area contributed by atoms with E-state index in [9.17, 15) is 18.0 Å². The van der Waals surface area contributed by atoms with Crippen molar-refractivity contribution in [2.75, 3.05) is 25.0 Å². The lowest BCUT2D eigenvalue weighted by molar-refractivity contribution is -0.128. The Morgan fingerprint density at radius 2 is 1.75 bits per heavy atom. The van der Waals surface area contributed by atoms with Gasteiger partial charge in [-0.05, 0) is 35.9 Å². The third-order valence-corrected chi connectivity index (χ3v) is 8.14. The van der Waals surface area contributed by atoms with Gasteiger partial charge in [-0.3, -0.25) is 9.59 Å². The highest BCUT2D eigenvalue weighted by Crippen LogP contribution is 2.34. The number of carbonyl (C=O) groups is 2. The molecule has 0 aliphatic carbocycles. The topological polar surface area (TPSA) is 96.0 Å². The minimum atomic E-state index is -4.11. The maximum absolute atomic E-state index is 13.3. The van der Waals surface area contributed by atoms with E-state index in [0.717, 1.165) is 9.87 Å². The number of nitrogens with one attached hydrogen (secondary N) is 1. The Balaban J connectivity index is 1.51. The lowest BCUT2D eigenvalue weighted by Crippen LogP contribution is -2.52. The van der Waals surface area contributed by atoms with E-state index in [-0.39, 0.29) is 21.5 Å². The van der Waals surface area contributed by atoms with Crippen LogP contribution in [0, 0.1) is 0 Å². The lowest BCUT2D eigenvalue weighted by Gasteiger charge is -2.35. The number of benzene rings is 3. The van der Waals surface area contributed by atoms with Gasteiger partial charge in [0.2, 0.25) is 15.9 Å². The molecule has 0 unspecified atom stereocenters. The maximum Gasteiger partial charge on any atom is 0.263 e. The van der Waals surface area contributed by atoms with Crippen LogP contribution in [-0.2, 0) is 26.2 Å². The standard InChI is InChI=1S/C25H23Cl2N3O5S/c1-29(36(33,34)23-13-18(26)11-12-19(23)27)16-24(31)30-15-22(35-21-10-6-5-9-20(21)30)25(32)28-14-17-7-3-2-4-8-17/h2-13,22H,14-16H2,1H3,(H,28,32)/t22-/m0/s1. The smallest absolute Gasteiger partial charge is 0.263 e. The summed E-state index contributed by atoms with van der Waals surface area (Å²) in [7, 11) is -2.83. The van der Waals surface area contributed by atoms with Crippen LogP contribution in [0.15, 0.2) is 77.7 Å². The fourth-order valence-corrected chi connectivity index (χ4v) is 5.56. The van der Waals surface area contributed by atoms with Gasteiger partial charge in [-0.15, -0.1) is 0 Å². The zero-order valence-corrected chi connectivity index (χ0v) is 21.6. The maximum atomic E-state index is 13.3. The fraction of sp³-hybridized carbons (Fsp3) is 0.200. The van der Waals surface area contributed by atoms with Gasteiger partial charge in [-0.2, -0.15) is 4.31 Å². The number of ether oxygens (including phenoxy) is 1. The fourth-order valence-electron chi connectivity index (χ4n) is 3.71. The van der Waals surface area contributed by atoms with Gasteiger partial charge in [0.1, 0.15) is 10.6 Å². The first-order valence-electron chi connectivity index (χ1n) is 11.0. The average molecular weight is 548 g/mol. The molecule has 1 aliphatic rings. The molecule has 0 spiro atoms. The molecule has 36 heavy (non-hydrogen) atoms. The SMILES string of the molecule is CN(CC(=O)N1C[C@@H](C(=O)NCc2ccccc2)Oc2ccccc21)S(=O)(=O)c1cc(Cl)ccc1Cl. The van der Waals surface area contributed by atoms with Crippen molar-refractivity contribution in [1.82, 2.24) is 9.62 Å². The number of anilines is 1. The Morgan fingerprint density at radius 1 is 1.06 bits per heavy atom. The zero-order chi connectivity index (χ0) is 25.9. The number of amides is 2. The van der Waals surface area contributed by atoms with Crippen molar-refractivity contribution in [3.05, 3.63) is 88.4 Å². The molecule has 3 aromatic rings. The highest BCUT2D eigenvalue weighted by atomic mass is 35.5. The molecule has 0 saturated heterocycles. The van der Waals surface area contributed by atoms with Crippen molar-refractivity contribution in [2.45, 2.75) is 17.5 Å². The molecule has 3 aromatic carbocycles. The van der Waals surface area contributed by atoms with Gasteiger partial charge in [0, 0.05) is 18.6 Å². The molecule has 8 nitrogen and oxygen atoms in total. The third kappa shape index (κ3) is 5.65. The van der Waals surface area contributed by atoms with E-state index in [2.05, 4.69) is 5.32 Å². The summed E-state index contributed by atoms with van der Waals surface area (Å²) in [5.41, 5.74) is 1.36. The van der Waals surface area contributed by atoms with Crippen LogP contribution in [0.5, 0.6) is 5.75 Å². The zero-order valence-electron chi connectivity index (χ0n) is 19.2. The molecule has 0 radical (unpaired) electrons. The molecule has 11 heteroatoms. The van der Waals surface area contributed by atoms with E-state index in [1.807, 2.05) is 30.3 Å². The monoisotopic (exact) mass is 547 g/mol. The van der Waals surface area contributed by atoms with Gasteiger partial charge in [0.15, 0.2) is 6.10 Å². The van der Waals surface area contributed by atoms with Gasteiger partial charge in [-0.1, -0.05) is 65.7 Å². The minimum Gasteiger partial charge on any atom is -0.477 e. The Bertz CT molecular complexity index is 1390. The molecule has 4 rings (SSSR count). The first-order chi connectivity index (χ1) is 17.2. The second-order valence-corrected chi connectivity index (χ2v) is 11.0. The molecule has 2 amide bonds. The number of para-hydroxylation sites is 2. The number of hydrogen-bond donors (Lipinski definition) is 1. The average Bonchev–Trinajstić information content (AvgIpc) is 2.88. The predicted octanol–water partition coefficient (Wildman–Crippen LogP) is 3.72. The number of nitrogens with zero attached hydrogens (tertiary/aromatic N) is 2. The summed E-state index contributed by atoms with van der Waals surface area (Å²) in [6.07, 6.45) is -0.975. The first-order valence-corrected chi connectivity index (χ1v) is 13.2. The summed E-state index contributed by atoms with van der Waals surface area (Å²) in [6, 6.07) is 20.3. The molecule has 1 N–H and O–H groups in total. The molecular weight excluding hydrogens is 525 g/mol. The first kappa shape index (κ1) is 26.0. The van der Waals surface area contributed by atoms with Gasteiger partial charge in [0.05, 0.1) is 23.8 Å². The van der Waals surface area contributed by atoms with E-state index in [4.69, 9.17) is 27.9 Å². The largest absolute Gasteiger partial charge is 0.477 e. The van der Waals surface area contributed by atoms with Crippen LogP contribution >= 0.6 is 23.2 Å². The van der Waals surface area contributed by atoms with Gasteiger partial charge < -0.3 is 15.0 Å². The second kappa shape index (κ2) is 10.9. The van der Waals surface area contributed by atoms with E-state index >= 15 is 0 Å². The lowest BCUT2D eigenvalue weighted by atomic mass is 10.1. The summed E-state index contributed by atoms with van der Waals surface area (Å²) in [6.45, 7) is -0.267. The summed E-state index contributed by atoms with van der Waals surface area (Å²) in [4.78, 5) is 27.4. The molecule has 0 aromatic heterocycles. The summed E-state index contributed by atoms with van der Waals surface area (Å²) in [5, 5.41) is 3.01. The molecule has 0 fully saturated rings. The normalized spacial score (nSPS) is 15.2. The van der Waals surface area contributed by atoms with E-state index in [1.165, 1.54) is 30.1 Å². The van der Waals surface area contributed by atoms with Crippen molar-refractivity contribution in [2.24, 2.45) is 0 Å². The number of sulfonamides is 1. The highest BCUT2D eigenvalue weighted by molar-refractivity contribution is 7.89. The molecule has 0 saturated carbocycles. The molecule has 1 aliphatic heterocycles. The molecule has 1 heterocycles. The number of likely N-dealkylation sites (N-methyl/N-ethyl adjacent to an activating group) is 1. The number of rotatable bonds is 7. The number of hydrogen-bond acceptors (Lipinski definition) is 5. The Morgan fingerprint density at radius 3 is 2.50 bits per heavy atom. The van der Waals surface area contributed by atoms with Gasteiger partial charge in [0.25, 0.3) is 5.91 Å². The number of fused-ring (bicyclic) bond motifs is 1. The van der Waals surface area contributed by atoms with Crippen molar-refractivity contribution in [3.8, 4) is 5.75 Å². The molecule has 188 valence electrons. The van der Waals surface area contributed by atoms with Crippen LogP contribution in [0.4, 0.5) is 5.69 Å². The summed E-state index contributed by atoms with van der Waals surface area (Å²) < 4.78 is 32.9. The van der Waals surface area contributed by atoms with Crippen molar-refractivity contribution < 1.29 is 22.7 Å². The Labute approximate surface area is 219 Å². The van der Waals surface area contributed by atoms with E-state index in [0.29, 0.717) is 18.0 Å². The third-order valence-electron chi connectivity index (χ3n) is 5.62. The molecule has 1 atom stereocenters. The van der Waals surface area contributed by atoms with Crippen molar-refractivity contribution in [3.63, 3.8) is 0 Å². The van der Waals surface area contributed by atoms with Crippen molar-refractivity contribution in [1.29, 1.82) is 0 Å². The van der Waals surface area contributed by atoms with Crippen molar-refractivity contribution >= 4 is 50.7 Å². The van der Waals surface area contributed by atoms with Crippen LogP contribution in [0.1, 0.15) is 5.56 Å². The molecular formula is C25H23Cl2N3O5S.